The maximum Gasteiger partial charge on any atom is 0.207 e. The molecule has 2 aromatic carbocycles. The minimum Gasteiger partial charge on any atom is -0.489 e. The molecular weight excluding hydrogens is 362 g/mol. The van der Waals surface area contributed by atoms with Crippen LogP contribution < -0.4 is 9.64 Å². The van der Waals surface area contributed by atoms with E-state index in [1.165, 1.54) is 11.3 Å². The van der Waals surface area contributed by atoms with Gasteiger partial charge >= 0.3 is 0 Å². The first-order valence-corrected chi connectivity index (χ1v) is 10.3. The Hall–Kier alpha value is -3.28. The first-order chi connectivity index (χ1) is 14.4. The van der Waals surface area contributed by atoms with Gasteiger partial charge in [0.05, 0.1) is 17.9 Å². The van der Waals surface area contributed by atoms with Crippen molar-refractivity contribution in [1.82, 2.24) is 19.5 Å². The lowest BCUT2D eigenvalue weighted by Crippen LogP contribution is -2.36. The second kappa shape index (κ2) is 6.65. The minimum atomic E-state index is 0.136. The number of para-hydroxylation sites is 1. The van der Waals surface area contributed by atoms with Crippen molar-refractivity contribution in [3.63, 3.8) is 0 Å². The molecule has 6 rings (SSSR count). The van der Waals surface area contributed by atoms with E-state index in [4.69, 9.17) is 9.72 Å². The summed E-state index contributed by atoms with van der Waals surface area (Å²) in [5, 5.41) is 0. The van der Waals surface area contributed by atoms with Crippen molar-refractivity contribution in [2.24, 2.45) is 0 Å². The van der Waals surface area contributed by atoms with Gasteiger partial charge in [0.15, 0.2) is 0 Å². The zero-order chi connectivity index (χ0) is 19.2. The molecule has 0 bridgehead atoms. The van der Waals surface area contributed by atoms with Gasteiger partial charge in [-0.15, -0.1) is 0 Å². The molecule has 0 aliphatic carbocycles. The fourth-order valence-electron chi connectivity index (χ4n) is 4.78. The number of H-pyrrole nitrogens is 1. The molecule has 146 valence electrons. The van der Waals surface area contributed by atoms with Gasteiger partial charge in [-0.05, 0) is 30.5 Å². The number of nitrogens with one attached hydrogen (secondary N) is 1. The Balaban J connectivity index is 1.40. The molecule has 2 aromatic heterocycles. The Labute approximate surface area is 169 Å². The largest absolute Gasteiger partial charge is 0.489 e. The van der Waals surface area contributed by atoms with Crippen LogP contribution in [0.3, 0.4) is 0 Å². The topological polar surface area (TPSA) is 59.0 Å². The van der Waals surface area contributed by atoms with Crippen LogP contribution in [0.5, 0.6) is 5.75 Å². The third-order valence-electron chi connectivity index (χ3n) is 6.28. The van der Waals surface area contributed by atoms with Crippen LogP contribution in [-0.4, -0.2) is 39.2 Å². The van der Waals surface area contributed by atoms with Crippen molar-refractivity contribution < 1.29 is 4.74 Å². The van der Waals surface area contributed by atoms with Crippen LogP contribution in [-0.2, 0) is 0 Å². The molecule has 0 unspecified atom stereocenters. The number of aromatic nitrogens is 4. The number of aromatic amines is 1. The highest BCUT2D eigenvalue weighted by molar-refractivity contribution is 5.86. The standard InChI is InChI=1S/C23H23N5O/c1-2-5-17(6-3-1)20-14-29-21-8-4-7-18-22(21)28(20)23(26-18)27-11-9-16(10-12-27)19-13-24-15-25-19/h1-8,13,15-16,20H,9-12,14H2,(H,24,25)/t20-/m1/s1. The van der Waals surface area contributed by atoms with E-state index in [0.717, 1.165) is 48.7 Å². The molecule has 2 aliphatic rings. The summed E-state index contributed by atoms with van der Waals surface area (Å²) in [5.41, 5.74) is 4.62. The Morgan fingerprint density at radius 2 is 1.86 bits per heavy atom. The Morgan fingerprint density at radius 1 is 1.00 bits per heavy atom. The molecule has 2 aliphatic heterocycles. The zero-order valence-electron chi connectivity index (χ0n) is 16.2. The molecule has 4 heterocycles. The number of benzene rings is 2. The first kappa shape index (κ1) is 16.7. The third kappa shape index (κ3) is 2.70. The summed E-state index contributed by atoms with van der Waals surface area (Å²) in [6.07, 6.45) is 5.94. The first-order valence-electron chi connectivity index (χ1n) is 10.3. The van der Waals surface area contributed by atoms with Crippen LogP contribution in [0.2, 0.25) is 0 Å². The maximum absolute atomic E-state index is 6.14. The Kier molecular flexibility index (Phi) is 3.82. The summed E-state index contributed by atoms with van der Waals surface area (Å²) in [7, 11) is 0. The third-order valence-corrected chi connectivity index (χ3v) is 6.28. The molecule has 1 atom stereocenters. The molecule has 4 aromatic rings. The van der Waals surface area contributed by atoms with Gasteiger partial charge in [0.25, 0.3) is 0 Å². The Morgan fingerprint density at radius 3 is 2.66 bits per heavy atom. The number of piperidine rings is 1. The highest BCUT2D eigenvalue weighted by Crippen LogP contribution is 2.40. The zero-order valence-corrected chi connectivity index (χ0v) is 16.2. The number of imidazole rings is 2. The van der Waals surface area contributed by atoms with Gasteiger partial charge < -0.3 is 14.6 Å². The molecule has 1 N–H and O–H groups in total. The van der Waals surface area contributed by atoms with Crippen LogP contribution in [0.15, 0.2) is 61.1 Å². The van der Waals surface area contributed by atoms with E-state index >= 15 is 0 Å². The molecule has 6 nitrogen and oxygen atoms in total. The van der Waals surface area contributed by atoms with E-state index in [0.29, 0.717) is 12.5 Å². The number of hydrogen-bond acceptors (Lipinski definition) is 4. The van der Waals surface area contributed by atoms with Crippen LogP contribution >= 0.6 is 0 Å². The average Bonchev–Trinajstić information content (AvgIpc) is 3.45. The van der Waals surface area contributed by atoms with Crippen molar-refractivity contribution in [2.45, 2.75) is 24.8 Å². The van der Waals surface area contributed by atoms with Crippen molar-refractivity contribution in [3.8, 4) is 5.75 Å². The molecule has 0 radical (unpaired) electrons. The summed E-state index contributed by atoms with van der Waals surface area (Å²) in [6.45, 7) is 2.61. The van der Waals surface area contributed by atoms with Crippen molar-refractivity contribution in [2.75, 3.05) is 24.6 Å². The van der Waals surface area contributed by atoms with Crippen LogP contribution in [0.4, 0.5) is 5.95 Å². The van der Waals surface area contributed by atoms with Crippen molar-refractivity contribution in [1.29, 1.82) is 0 Å². The maximum atomic E-state index is 6.14. The predicted octanol–water partition coefficient (Wildman–Crippen LogP) is 4.13. The highest BCUT2D eigenvalue weighted by Gasteiger charge is 2.32. The second-order valence-electron chi connectivity index (χ2n) is 7.91. The van der Waals surface area contributed by atoms with Gasteiger partial charge in [-0.3, -0.25) is 4.57 Å². The highest BCUT2D eigenvalue weighted by atomic mass is 16.5. The smallest absolute Gasteiger partial charge is 0.207 e. The average molecular weight is 385 g/mol. The van der Waals surface area contributed by atoms with Crippen molar-refractivity contribution >= 4 is 17.0 Å². The fraction of sp³-hybridized carbons (Fsp3) is 0.304. The van der Waals surface area contributed by atoms with E-state index in [9.17, 15) is 0 Å². The SMILES string of the molecule is c1ccc([C@H]2COc3cccc4nc(N5CCC(c6cnc[nH]6)CC5)n2c34)cc1. The molecule has 0 spiro atoms. The molecule has 1 fully saturated rings. The minimum absolute atomic E-state index is 0.136. The van der Waals surface area contributed by atoms with E-state index < -0.39 is 0 Å². The van der Waals surface area contributed by atoms with Crippen LogP contribution in [0.25, 0.3) is 11.0 Å². The molecule has 1 saturated heterocycles. The second-order valence-corrected chi connectivity index (χ2v) is 7.91. The molecule has 29 heavy (non-hydrogen) atoms. The van der Waals surface area contributed by atoms with Gasteiger partial charge in [-0.25, -0.2) is 9.97 Å². The lowest BCUT2D eigenvalue weighted by Gasteiger charge is -2.35. The number of rotatable bonds is 3. The predicted molar refractivity (Wildman–Crippen MR) is 113 cm³/mol. The number of ether oxygens (including phenoxy) is 1. The van der Waals surface area contributed by atoms with E-state index in [1.807, 2.05) is 12.3 Å². The van der Waals surface area contributed by atoms with Gasteiger partial charge in [-0.2, -0.15) is 0 Å². The molecule has 6 heteroatoms. The normalized spacial score (nSPS) is 19.4. The van der Waals surface area contributed by atoms with Gasteiger partial charge in [-0.1, -0.05) is 36.4 Å². The molecule has 0 saturated carbocycles. The summed E-state index contributed by atoms with van der Waals surface area (Å²) >= 11 is 0. The van der Waals surface area contributed by atoms with Gasteiger partial charge in [0.2, 0.25) is 5.95 Å². The van der Waals surface area contributed by atoms with Crippen LogP contribution in [0.1, 0.15) is 36.1 Å². The van der Waals surface area contributed by atoms with Crippen molar-refractivity contribution in [3.05, 3.63) is 72.3 Å². The van der Waals surface area contributed by atoms with E-state index in [2.05, 4.69) is 61.9 Å². The summed E-state index contributed by atoms with van der Waals surface area (Å²) < 4.78 is 8.54. The lowest BCUT2D eigenvalue weighted by atomic mass is 9.94. The summed E-state index contributed by atoms with van der Waals surface area (Å²) in [5.74, 6) is 2.54. The lowest BCUT2D eigenvalue weighted by molar-refractivity contribution is 0.259. The van der Waals surface area contributed by atoms with E-state index in [-0.39, 0.29) is 6.04 Å². The number of nitrogens with zero attached hydrogens (tertiary/aromatic N) is 4. The fourth-order valence-corrected chi connectivity index (χ4v) is 4.78. The molecule has 0 amide bonds. The number of anilines is 1. The quantitative estimate of drug-likeness (QED) is 0.576. The van der Waals surface area contributed by atoms with Gasteiger partial charge in [0, 0.05) is 30.9 Å². The number of hydrogen-bond donors (Lipinski definition) is 1. The van der Waals surface area contributed by atoms with Crippen LogP contribution in [0, 0.1) is 0 Å². The monoisotopic (exact) mass is 385 g/mol. The Bertz CT molecular complexity index is 1130. The van der Waals surface area contributed by atoms with Gasteiger partial charge in [0.1, 0.15) is 17.9 Å². The van der Waals surface area contributed by atoms with E-state index in [1.54, 1.807) is 6.33 Å². The molecular formula is C23H23N5O. The summed E-state index contributed by atoms with van der Waals surface area (Å²) in [6, 6.07) is 16.9. The summed E-state index contributed by atoms with van der Waals surface area (Å²) in [4.78, 5) is 15.0.